The van der Waals surface area contributed by atoms with E-state index in [0.29, 0.717) is 4.68 Å². The molecular weight excluding hydrogens is 287 g/mol. The highest BCUT2D eigenvalue weighted by Crippen LogP contribution is 2.36. The Bertz CT molecular complexity index is 641. The lowest BCUT2D eigenvalue weighted by Crippen LogP contribution is -2.48. The normalized spacial score (nSPS) is 31.7. The summed E-state index contributed by atoms with van der Waals surface area (Å²) < 4.78 is 18.0. The molecule has 1 unspecified atom stereocenters. The maximum absolute atomic E-state index is 12.2. The second-order valence-corrected chi connectivity index (χ2v) is 4.32. The molecule has 1 saturated heterocycles. The van der Waals surface area contributed by atoms with Gasteiger partial charge in [-0.3, -0.25) is 0 Å². The molecule has 1 aliphatic rings. The minimum atomic E-state index is -2.33. The van der Waals surface area contributed by atoms with Gasteiger partial charge in [0, 0.05) is 0 Å². The van der Waals surface area contributed by atoms with E-state index in [1.165, 1.54) is 0 Å². The Labute approximate surface area is 117 Å². The lowest BCUT2D eigenvalue weighted by Gasteiger charge is -2.25. The number of ether oxygens (including phenoxy) is 1. The average Bonchev–Trinajstić information content (AvgIpc) is 2.70. The Morgan fingerprint density at radius 2 is 2.33 bits per heavy atom. The van der Waals surface area contributed by atoms with Crippen molar-refractivity contribution >= 4 is 5.82 Å². The fourth-order valence-corrected chi connectivity index (χ4v) is 1.99. The molecule has 9 nitrogen and oxygen atoms in total. The lowest BCUT2D eigenvalue weighted by molar-refractivity contribution is -0.0837. The van der Waals surface area contributed by atoms with Gasteiger partial charge in [-0.25, -0.2) is 9.18 Å². The number of hydrogen-bond acceptors (Lipinski definition) is 8. The van der Waals surface area contributed by atoms with Crippen LogP contribution in [0.1, 0.15) is 6.23 Å². The van der Waals surface area contributed by atoms with Gasteiger partial charge in [0.1, 0.15) is 24.7 Å². The van der Waals surface area contributed by atoms with Crippen LogP contribution in [0.4, 0.5) is 10.2 Å². The minimum Gasteiger partial charge on any atom is -0.394 e. The van der Waals surface area contributed by atoms with Crippen molar-refractivity contribution in [3.8, 4) is 11.8 Å². The molecular formula is C11H13FN4O5. The first kappa shape index (κ1) is 15.3. The molecule has 4 atom stereocenters. The second kappa shape index (κ2) is 5.74. The molecule has 1 aromatic heterocycles. The summed E-state index contributed by atoms with van der Waals surface area (Å²) in [5.74, 6) is 3.91. The molecule has 0 aliphatic carbocycles. The Balaban J connectivity index is 2.51. The van der Waals surface area contributed by atoms with Crippen LogP contribution >= 0.6 is 0 Å². The zero-order valence-corrected chi connectivity index (χ0v) is 10.7. The van der Waals surface area contributed by atoms with Crippen molar-refractivity contribution in [2.45, 2.75) is 24.0 Å². The van der Waals surface area contributed by atoms with Crippen LogP contribution in [0.5, 0.6) is 0 Å². The maximum Gasteiger partial charge on any atom is 0.368 e. The van der Waals surface area contributed by atoms with E-state index >= 15 is 0 Å². The summed E-state index contributed by atoms with van der Waals surface area (Å²) >= 11 is 0. The highest BCUT2D eigenvalue weighted by molar-refractivity contribution is 5.24. The lowest BCUT2D eigenvalue weighted by atomic mass is 9.95. The number of nitrogen functional groups attached to an aromatic ring is 1. The molecule has 10 heteroatoms. The molecule has 1 aliphatic heterocycles. The number of aliphatic hydroxyl groups excluding tert-OH is 2. The number of rotatable bonds is 2. The van der Waals surface area contributed by atoms with Crippen LogP contribution < -0.4 is 11.4 Å². The molecule has 0 spiro atoms. The van der Waals surface area contributed by atoms with E-state index in [1.54, 1.807) is 0 Å². The number of anilines is 1. The SMILES string of the molecule is Nc1cnn([C@@H]2O[C@H](CO)[C@H](O)C2(O)C#CCF)c(=O)n1. The van der Waals surface area contributed by atoms with Crippen molar-refractivity contribution in [1.82, 2.24) is 14.8 Å². The second-order valence-electron chi connectivity index (χ2n) is 4.32. The standard InChI is InChI=1S/C11H13FN4O5/c12-3-1-2-11(20)8(18)6(5-17)21-9(11)16-10(19)15-7(13)4-14-16/h4,6,8-9,17-18,20H,3,5H2,(H2,13,15,19)/t6-,8+,9-,11?/m1/s1. The topological polar surface area (TPSA) is 144 Å². The zero-order valence-electron chi connectivity index (χ0n) is 10.7. The summed E-state index contributed by atoms with van der Waals surface area (Å²) in [6.45, 7) is -1.72. The first-order valence-corrected chi connectivity index (χ1v) is 5.88. The van der Waals surface area contributed by atoms with Gasteiger partial charge in [-0.05, 0) is 0 Å². The van der Waals surface area contributed by atoms with Crippen LogP contribution in [-0.4, -0.2) is 61.2 Å². The minimum absolute atomic E-state index is 0.146. The van der Waals surface area contributed by atoms with E-state index < -0.39 is 43.0 Å². The van der Waals surface area contributed by atoms with Gasteiger partial charge < -0.3 is 25.8 Å². The van der Waals surface area contributed by atoms with E-state index in [0.717, 1.165) is 6.20 Å². The summed E-state index contributed by atoms with van der Waals surface area (Å²) in [7, 11) is 0. The Morgan fingerprint density at radius 3 is 2.90 bits per heavy atom. The van der Waals surface area contributed by atoms with Gasteiger partial charge in [0.2, 0.25) is 5.60 Å². The highest BCUT2D eigenvalue weighted by atomic mass is 19.1. The van der Waals surface area contributed by atoms with Crippen molar-refractivity contribution in [3.05, 3.63) is 16.7 Å². The van der Waals surface area contributed by atoms with Gasteiger partial charge in [0.15, 0.2) is 6.23 Å². The van der Waals surface area contributed by atoms with E-state index in [2.05, 4.69) is 16.0 Å². The van der Waals surface area contributed by atoms with Gasteiger partial charge in [-0.2, -0.15) is 14.8 Å². The van der Waals surface area contributed by atoms with Crippen molar-refractivity contribution in [3.63, 3.8) is 0 Å². The van der Waals surface area contributed by atoms with Crippen molar-refractivity contribution in [2.75, 3.05) is 19.0 Å². The van der Waals surface area contributed by atoms with E-state index in [9.17, 15) is 19.4 Å². The van der Waals surface area contributed by atoms with E-state index in [-0.39, 0.29) is 5.82 Å². The molecule has 1 fully saturated rings. The molecule has 0 amide bonds. The summed E-state index contributed by atoms with van der Waals surface area (Å²) in [5, 5.41) is 33.1. The van der Waals surface area contributed by atoms with Crippen LogP contribution in [0.15, 0.2) is 11.0 Å². The van der Waals surface area contributed by atoms with Crippen molar-refractivity contribution in [1.29, 1.82) is 0 Å². The average molecular weight is 300 g/mol. The highest BCUT2D eigenvalue weighted by Gasteiger charge is 2.56. The van der Waals surface area contributed by atoms with Gasteiger partial charge in [-0.15, -0.1) is 0 Å². The summed E-state index contributed by atoms with van der Waals surface area (Å²) in [5.41, 5.74) is 2.02. The van der Waals surface area contributed by atoms with Gasteiger partial charge in [0.05, 0.1) is 12.8 Å². The fraction of sp³-hybridized carbons (Fsp3) is 0.545. The van der Waals surface area contributed by atoms with Crippen LogP contribution in [0.2, 0.25) is 0 Å². The largest absolute Gasteiger partial charge is 0.394 e. The Kier molecular flexibility index (Phi) is 4.19. The summed E-state index contributed by atoms with van der Waals surface area (Å²) in [4.78, 5) is 15.1. The summed E-state index contributed by atoms with van der Waals surface area (Å²) in [6.07, 6.45) is -3.42. The zero-order chi connectivity index (χ0) is 15.6. The van der Waals surface area contributed by atoms with Gasteiger partial charge in [0.25, 0.3) is 0 Å². The first-order chi connectivity index (χ1) is 9.93. The number of nitrogens with two attached hydrogens (primary N) is 1. The Morgan fingerprint density at radius 1 is 1.62 bits per heavy atom. The third-order valence-electron chi connectivity index (χ3n) is 2.98. The molecule has 5 N–H and O–H groups in total. The first-order valence-electron chi connectivity index (χ1n) is 5.88. The number of aliphatic hydroxyl groups is 3. The molecule has 0 saturated carbocycles. The molecule has 2 heterocycles. The number of hydrogen-bond donors (Lipinski definition) is 4. The van der Waals surface area contributed by atoms with E-state index in [4.69, 9.17) is 15.6 Å². The third kappa shape index (κ3) is 2.59. The quantitative estimate of drug-likeness (QED) is 0.428. The molecule has 2 rings (SSSR count). The number of alkyl halides is 1. The van der Waals surface area contributed by atoms with Crippen LogP contribution in [0, 0.1) is 11.8 Å². The predicted molar refractivity (Wildman–Crippen MR) is 66.4 cm³/mol. The van der Waals surface area contributed by atoms with Crippen molar-refractivity contribution in [2.24, 2.45) is 0 Å². The smallest absolute Gasteiger partial charge is 0.368 e. The van der Waals surface area contributed by atoms with Crippen molar-refractivity contribution < 1.29 is 24.4 Å². The number of halogens is 1. The molecule has 0 bridgehead atoms. The number of aromatic nitrogens is 3. The Hall–Kier alpha value is -2.06. The monoisotopic (exact) mass is 300 g/mol. The molecule has 0 aromatic carbocycles. The predicted octanol–water partition coefficient (Wildman–Crippen LogP) is -2.82. The fourth-order valence-electron chi connectivity index (χ4n) is 1.99. The molecule has 21 heavy (non-hydrogen) atoms. The number of nitrogens with zero attached hydrogens (tertiary/aromatic N) is 3. The molecule has 114 valence electrons. The maximum atomic E-state index is 12.2. The van der Waals surface area contributed by atoms with Gasteiger partial charge >= 0.3 is 5.69 Å². The van der Waals surface area contributed by atoms with Gasteiger partial charge in [-0.1, -0.05) is 11.8 Å². The van der Waals surface area contributed by atoms with Crippen LogP contribution in [0.3, 0.4) is 0 Å². The van der Waals surface area contributed by atoms with Crippen LogP contribution in [-0.2, 0) is 4.74 Å². The molecule has 0 radical (unpaired) electrons. The third-order valence-corrected chi connectivity index (χ3v) is 2.98. The van der Waals surface area contributed by atoms with Crippen LogP contribution in [0.25, 0.3) is 0 Å². The van der Waals surface area contributed by atoms with E-state index in [1.807, 2.05) is 5.92 Å². The molecule has 1 aromatic rings. The summed E-state index contributed by atoms with van der Waals surface area (Å²) in [6, 6.07) is 0.